The Balaban J connectivity index is 1.39. The first kappa shape index (κ1) is 16.9. The van der Waals surface area contributed by atoms with Gasteiger partial charge in [-0.05, 0) is 55.5 Å². The highest BCUT2D eigenvalue weighted by atomic mass is 16.2. The number of amides is 3. The molecule has 5 nitrogen and oxygen atoms in total. The zero-order valence-corrected chi connectivity index (χ0v) is 15.5. The fraction of sp³-hybridized carbons (Fsp3) is 0.261. The number of fused-ring (bicyclic) bond motifs is 5. The van der Waals surface area contributed by atoms with Gasteiger partial charge in [0.15, 0.2) is 0 Å². The summed E-state index contributed by atoms with van der Waals surface area (Å²) >= 11 is 0. The number of nitrogens with one attached hydrogen (secondary N) is 1. The number of rotatable bonds is 3. The predicted molar refractivity (Wildman–Crippen MR) is 106 cm³/mol. The van der Waals surface area contributed by atoms with E-state index in [1.54, 1.807) is 36.4 Å². The number of hydrogen-bond acceptors (Lipinski definition) is 3. The quantitative estimate of drug-likeness (QED) is 0.662. The zero-order chi connectivity index (χ0) is 19.4. The van der Waals surface area contributed by atoms with E-state index in [1.165, 1.54) is 4.90 Å². The standard InChI is InChI=1S/C23H20N2O3/c1-13-5-7-14(8-6-13)21(26)24-17-3-2-4-18(12-17)25-22(27)19-15-9-10-16(11-15)20(19)23(25)28/h2-10,12,15-16,19-20H,11H2,1H3,(H,24,26)/t15-,16+,19-,20+. The highest BCUT2D eigenvalue weighted by molar-refractivity contribution is 6.23. The molecule has 2 bridgehead atoms. The van der Waals surface area contributed by atoms with E-state index in [1.807, 2.05) is 19.1 Å². The summed E-state index contributed by atoms with van der Waals surface area (Å²) < 4.78 is 0. The van der Waals surface area contributed by atoms with E-state index < -0.39 is 0 Å². The third-order valence-corrected chi connectivity index (χ3v) is 6.15. The van der Waals surface area contributed by atoms with Crippen LogP contribution in [-0.4, -0.2) is 17.7 Å². The monoisotopic (exact) mass is 372 g/mol. The maximum Gasteiger partial charge on any atom is 0.255 e. The molecule has 0 unspecified atom stereocenters. The van der Waals surface area contributed by atoms with Gasteiger partial charge in [-0.25, -0.2) is 4.90 Å². The Labute approximate surface area is 163 Å². The van der Waals surface area contributed by atoms with Gasteiger partial charge in [0.05, 0.1) is 17.5 Å². The Morgan fingerprint density at radius 2 is 1.61 bits per heavy atom. The van der Waals surface area contributed by atoms with E-state index in [4.69, 9.17) is 0 Å². The largest absolute Gasteiger partial charge is 0.322 e. The number of aryl methyl sites for hydroxylation is 1. The number of anilines is 2. The predicted octanol–water partition coefficient (Wildman–Crippen LogP) is 3.56. The fourth-order valence-electron chi connectivity index (χ4n) is 4.79. The van der Waals surface area contributed by atoms with E-state index >= 15 is 0 Å². The van der Waals surface area contributed by atoms with Gasteiger partial charge in [0, 0.05) is 11.3 Å². The van der Waals surface area contributed by atoms with Crippen LogP contribution in [0.3, 0.4) is 0 Å². The van der Waals surface area contributed by atoms with E-state index in [9.17, 15) is 14.4 Å². The van der Waals surface area contributed by atoms with Gasteiger partial charge < -0.3 is 5.32 Å². The molecule has 5 rings (SSSR count). The second-order valence-electron chi connectivity index (χ2n) is 7.88. The van der Waals surface area contributed by atoms with Crippen molar-refractivity contribution in [1.29, 1.82) is 0 Å². The van der Waals surface area contributed by atoms with Crippen molar-refractivity contribution in [3.05, 3.63) is 71.8 Å². The molecule has 1 N–H and O–H groups in total. The minimum atomic E-state index is -0.228. The van der Waals surface area contributed by atoms with Gasteiger partial charge in [-0.1, -0.05) is 35.9 Å². The smallest absolute Gasteiger partial charge is 0.255 e. The van der Waals surface area contributed by atoms with Crippen LogP contribution in [0.15, 0.2) is 60.7 Å². The molecule has 0 aromatic heterocycles. The van der Waals surface area contributed by atoms with Gasteiger partial charge in [-0.3, -0.25) is 14.4 Å². The van der Waals surface area contributed by atoms with E-state index in [-0.39, 0.29) is 41.4 Å². The highest BCUT2D eigenvalue weighted by Crippen LogP contribution is 2.53. The van der Waals surface area contributed by atoms with Crippen molar-refractivity contribution in [3.63, 3.8) is 0 Å². The van der Waals surface area contributed by atoms with Gasteiger partial charge in [0.1, 0.15) is 0 Å². The van der Waals surface area contributed by atoms with Crippen molar-refractivity contribution in [1.82, 2.24) is 0 Å². The average molecular weight is 372 g/mol. The minimum absolute atomic E-state index is 0.117. The molecule has 1 heterocycles. The summed E-state index contributed by atoms with van der Waals surface area (Å²) in [7, 11) is 0. The number of allylic oxidation sites excluding steroid dienone is 2. The van der Waals surface area contributed by atoms with Gasteiger partial charge >= 0.3 is 0 Å². The Morgan fingerprint density at radius 1 is 0.964 bits per heavy atom. The number of nitrogens with zero attached hydrogens (tertiary/aromatic N) is 1. The number of imide groups is 1. The van der Waals surface area contributed by atoms with Crippen molar-refractivity contribution < 1.29 is 14.4 Å². The first-order valence-corrected chi connectivity index (χ1v) is 9.57. The number of carbonyl (C=O) groups is 3. The van der Waals surface area contributed by atoms with Gasteiger partial charge in [0.25, 0.3) is 5.91 Å². The molecular formula is C23H20N2O3. The SMILES string of the molecule is Cc1ccc(C(=O)Nc2cccc(N3C(=O)[C@@H]4[C@H](C3=O)[C@@H]3C=C[C@H]4C3)c2)cc1. The van der Waals surface area contributed by atoms with Crippen molar-refractivity contribution in [2.75, 3.05) is 10.2 Å². The summed E-state index contributed by atoms with van der Waals surface area (Å²) in [5, 5.41) is 2.85. The Kier molecular flexibility index (Phi) is 3.72. The summed E-state index contributed by atoms with van der Waals surface area (Å²) in [6.45, 7) is 1.96. The van der Waals surface area contributed by atoms with Crippen molar-refractivity contribution in [2.24, 2.45) is 23.7 Å². The summed E-state index contributed by atoms with van der Waals surface area (Å²) in [6, 6.07) is 14.3. The Bertz CT molecular complexity index is 994. The van der Waals surface area contributed by atoms with E-state index in [2.05, 4.69) is 17.5 Å². The number of hydrogen-bond donors (Lipinski definition) is 1. The third-order valence-electron chi connectivity index (χ3n) is 6.15. The molecule has 1 aliphatic heterocycles. The lowest BCUT2D eigenvalue weighted by molar-refractivity contribution is -0.123. The van der Waals surface area contributed by atoms with Crippen molar-refractivity contribution in [3.8, 4) is 0 Å². The number of benzene rings is 2. The summed E-state index contributed by atoms with van der Waals surface area (Å²) in [5.74, 6) is -0.554. The summed E-state index contributed by atoms with van der Waals surface area (Å²) in [6.07, 6.45) is 5.07. The van der Waals surface area contributed by atoms with Crippen LogP contribution in [0.25, 0.3) is 0 Å². The van der Waals surface area contributed by atoms with E-state index in [0.717, 1.165) is 12.0 Å². The third kappa shape index (κ3) is 2.50. The van der Waals surface area contributed by atoms with Gasteiger partial charge in [-0.15, -0.1) is 0 Å². The number of carbonyl (C=O) groups excluding carboxylic acids is 3. The van der Waals surface area contributed by atoms with Crippen LogP contribution in [0.1, 0.15) is 22.3 Å². The molecule has 28 heavy (non-hydrogen) atoms. The van der Waals surface area contributed by atoms with Crippen LogP contribution in [0.2, 0.25) is 0 Å². The second-order valence-corrected chi connectivity index (χ2v) is 7.88. The molecule has 1 saturated heterocycles. The second kappa shape index (κ2) is 6.16. The van der Waals surface area contributed by atoms with E-state index in [0.29, 0.717) is 16.9 Å². The molecule has 4 atom stereocenters. The van der Waals surface area contributed by atoms with Crippen LogP contribution in [0, 0.1) is 30.6 Å². The molecule has 0 radical (unpaired) electrons. The lowest BCUT2D eigenvalue weighted by atomic mass is 9.85. The maximum atomic E-state index is 13.0. The molecule has 0 spiro atoms. The lowest BCUT2D eigenvalue weighted by Gasteiger charge is -2.18. The maximum absolute atomic E-state index is 13.0. The first-order chi connectivity index (χ1) is 13.5. The Hall–Kier alpha value is -3.21. The molecule has 2 aromatic carbocycles. The zero-order valence-electron chi connectivity index (χ0n) is 15.5. The molecule has 3 amide bonds. The lowest BCUT2D eigenvalue weighted by Crippen LogP contribution is -2.32. The molecular weight excluding hydrogens is 352 g/mol. The topological polar surface area (TPSA) is 66.5 Å². The molecule has 3 aliphatic rings. The van der Waals surface area contributed by atoms with Crippen LogP contribution < -0.4 is 10.2 Å². The molecule has 2 aromatic rings. The summed E-state index contributed by atoms with van der Waals surface area (Å²) in [5.41, 5.74) is 2.72. The van der Waals surface area contributed by atoms with Crippen molar-refractivity contribution in [2.45, 2.75) is 13.3 Å². The van der Waals surface area contributed by atoms with Crippen LogP contribution in [0.5, 0.6) is 0 Å². The fourth-order valence-corrected chi connectivity index (χ4v) is 4.79. The van der Waals surface area contributed by atoms with Crippen LogP contribution in [0.4, 0.5) is 11.4 Å². The molecule has 140 valence electrons. The van der Waals surface area contributed by atoms with Crippen LogP contribution >= 0.6 is 0 Å². The molecule has 1 saturated carbocycles. The highest BCUT2D eigenvalue weighted by Gasteiger charge is 2.59. The summed E-state index contributed by atoms with van der Waals surface area (Å²) in [4.78, 5) is 39.7. The first-order valence-electron chi connectivity index (χ1n) is 9.57. The minimum Gasteiger partial charge on any atom is -0.322 e. The average Bonchev–Trinajstić information content (AvgIpc) is 3.36. The Morgan fingerprint density at radius 3 is 2.25 bits per heavy atom. The molecule has 2 fully saturated rings. The molecule has 2 aliphatic carbocycles. The van der Waals surface area contributed by atoms with Gasteiger partial charge in [-0.2, -0.15) is 0 Å². The van der Waals surface area contributed by atoms with Crippen LogP contribution in [-0.2, 0) is 9.59 Å². The molecule has 5 heteroatoms. The van der Waals surface area contributed by atoms with Gasteiger partial charge in [0.2, 0.25) is 11.8 Å². The normalized spacial score (nSPS) is 27.4. The van der Waals surface area contributed by atoms with Crippen molar-refractivity contribution >= 4 is 29.1 Å².